The Bertz CT molecular complexity index is 577. The molecule has 6 nitrogen and oxygen atoms in total. The number of benzene rings is 1. The van der Waals surface area contributed by atoms with Crippen LogP contribution in [0.2, 0.25) is 0 Å². The van der Waals surface area contributed by atoms with Crippen molar-refractivity contribution >= 4 is 24.2 Å². The molecule has 1 aromatic carbocycles. The zero-order valence-electron chi connectivity index (χ0n) is 15.0. The summed E-state index contributed by atoms with van der Waals surface area (Å²) in [6.45, 7) is 5.86. The molecule has 2 atom stereocenters. The normalized spacial score (nSPS) is 17.8. The highest BCUT2D eigenvalue weighted by Gasteiger charge is 2.32. The SMILES string of the molecule is COc1ccc(C(=O)NC(C(=O)N2CCC(CN)C2)C(C)C)cc1.Cl. The maximum Gasteiger partial charge on any atom is 0.251 e. The van der Waals surface area contributed by atoms with Crippen LogP contribution in [-0.2, 0) is 4.79 Å². The van der Waals surface area contributed by atoms with Crippen LogP contribution in [0.1, 0.15) is 30.6 Å². The van der Waals surface area contributed by atoms with Crippen molar-refractivity contribution in [1.82, 2.24) is 10.2 Å². The number of rotatable bonds is 6. The summed E-state index contributed by atoms with van der Waals surface area (Å²) in [7, 11) is 1.58. The van der Waals surface area contributed by atoms with Crippen LogP contribution in [0.25, 0.3) is 0 Å². The van der Waals surface area contributed by atoms with Gasteiger partial charge in [-0.05, 0) is 49.1 Å². The van der Waals surface area contributed by atoms with E-state index in [2.05, 4.69) is 5.32 Å². The van der Waals surface area contributed by atoms with Gasteiger partial charge in [-0.15, -0.1) is 12.4 Å². The van der Waals surface area contributed by atoms with Gasteiger partial charge in [0.1, 0.15) is 11.8 Å². The molecule has 1 saturated heterocycles. The molecule has 1 aliphatic heterocycles. The van der Waals surface area contributed by atoms with E-state index in [0.29, 0.717) is 36.9 Å². The molecular formula is C18H28ClN3O3. The average molecular weight is 370 g/mol. The lowest BCUT2D eigenvalue weighted by molar-refractivity contribution is -0.133. The van der Waals surface area contributed by atoms with Gasteiger partial charge >= 0.3 is 0 Å². The highest BCUT2D eigenvalue weighted by Crippen LogP contribution is 2.18. The molecule has 1 heterocycles. The van der Waals surface area contributed by atoms with Gasteiger partial charge in [-0.25, -0.2) is 0 Å². The fraction of sp³-hybridized carbons (Fsp3) is 0.556. The van der Waals surface area contributed by atoms with E-state index in [1.165, 1.54) is 0 Å². The van der Waals surface area contributed by atoms with E-state index in [1.807, 2.05) is 18.7 Å². The van der Waals surface area contributed by atoms with Crippen molar-refractivity contribution in [1.29, 1.82) is 0 Å². The number of amides is 2. The molecule has 2 amide bonds. The number of carbonyl (C=O) groups is 2. The summed E-state index contributed by atoms with van der Waals surface area (Å²) in [5.74, 6) is 0.783. The Balaban J connectivity index is 0.00000312. The van der Waals surface area contributed by atoms with Crippen LogP contribution in [0.15, 0.2) is 24.3 Å². The average Bonchev–Trinajstić information content (AvgIpc) is 3.08. The number of carbonyl (C=O) groups excluding carboxylic acids is 2. The smallest absolute Gasteiger partial charge is 0.251 e. The van der Waals surface area contributed by atoms with Gasteiger partial charge in [-0.3, -0.25) is 9.59 Å². The second-order valence-corrected chi connectivity index (χ2v) is 6.60. The number of halogens is 1. The van der Waals surface area contributed by atoms with E-state index in [4.69, 9.17) is 10.5 Å². The fourth-order valence-electron chi connectivity index (χ4n) is 2.90. The topological polar surface area (TPSA) is 84.7 Å². The van der Waals surface area contributed by atoms with E-state index in [0.717, 1.165) is 6.42 Å². The maximum atomic E-state index is 12.8. The maximum absolute atomic E-state index is 12.8. The van der Waals surface area contributed by atoms with Gasteiger partial charge in [-0.1, -0.05) is 13.8 Å². The number of hydrogen-bond acceptors (Lipinski definition) is 4. The van der Waals surface area contributed by atoms with Gasteiger partial charge in [-0.2, -0.15) is 0 Å². The number of nitrogens with zero attached hydrogens (tertiary/aromatic N) is 1. The summed E-state index contributed by atoms with van der Waals surface area (Å²) >= 11 is 0. The minimum absolute atomic E-state index is 0. The van der Waals surface area contributed by atoms with Crippen molar-refractivity contribution in [3.8, 4) is 5.75 Å². The van der Waals surface area contributed by atoms with Crippen LogP contribution < -0.4 is 15.8 Å². The number of ether oxygens (including phenoxy) is 1. The number of nitrogens with one attached hydrogen (secondary N) is 1. The molecule has 0 aliphatic carbocycles. The van der Waals surface area contributed by atoms with Crippen LogP contribution in [0.4, 0.5) is 0 Å². The fourth-order valence-corrected chi connectivity index (χ4v) is 2.90. The van der Waals surface area contributed by atoms with Gasteiger partial charge in [0, 0.05) is 18.7 Å². The Morgan fingerprint density at radius 1 is 1.32 bits per heavy atom. The Morgan fingerprint density at radius 3 is 2.44 bits per heavy atom. The third-order valence-corrected chi connectivity index (χ3v) is 4.50. The minimum Gasteiger partial charge on any atom is -0.497 e. The Labute approximate surface area is 155 Å². The lowest BCUT2D eigenvalue weighted by Gasteiger charge is -2.27. The highest BCUT2D eigenvalue weighted by atomic mass is 35.5. The molecule has 2 unspecified atom stereocenters. The molecule has 3 N–H and O–H groups in total. The van der Waals surface area contributed by atoms with E-state index >= 15 is 0 Å². The highest BCUT2D eigenvalue weighted by molar-refractivity contribution is 5.97. The molecule has 0 radical (unpaired) electrons. The summed E-state index contributed by atoms with van der Waals surface area (Å²) in [6, 6.07) is 6.31. The predicted molar refractivity (Wildman–Crippen MR) is 100 cm³/mol. The van der Waals surface area contributed by atoms with E-state index < -0.39 is 6.04 Å². The molecule has 0 bridgehead atoms. The van der Waals surface area contributed by atoms with Crippen LogP contribution >= 0.6 is 12.4 Å². The largest absolute Gasteiger partial charge is 0.497 e. The first-order valence-corrected chi connectivity index (χ1v) is 8.40. The Hall–Kier alpha value is -1.79. The third-order valence-electron chi connectivity index (χ3n) is 4.50. The van der Waals surface area contributed by atoms with Crippen molar-refractivity contribution in [2.24, 2.45) is 17.6 Å². The molecule has 7 heteroatoms. The van der Waals surface area contributed by atoms with Crippen molar-refractivity contribution in [3.05, 3.63) is 29.8 Å². The third kappa shape index (κ3) is 5.34. The van der Waals surface area contributed by atoms with Crippen LogP contribution in [0.3, 0.4) is 0 Å². The minimum atomic E-state index is -0.531. The lowest BCUT2D eigenvalue weighted by atomic mass is 10.0. The number of likely N-dealkylation sites (tertiary alicyclic amines) is 1. The molecule has 2 rings (SSSR count). The van der Waals surface area contributed by atoms with Gasteiger partial charge in [0.15, 0.2) is 0 Å². The van der Waals surface area contributed by atoms with E-state index in [-0.39, 0.29) is 30.1 Å². The molecular weight excluding hydrogens is 342 g/mol. The second kappa shape index (κ2) is 9.63. The van der Waals surface area contributed by atoms with Gasteiger partial charge in [0.05, 0.1) is 7.11 Å². The first-order valence-electron chi connectivity index (χ1n) is 8.40. The quantitative estimate of drug-likeness (QED) is 0.799. The molecule has 0 spiro atoms. The van der Waals surface area contributed by atoms with Gasteiger partial charge in [0.2, 0.25) is 5.91 Å². The molecule has 0 aromatic heterocycles. The van der Waals surface area contributed by atoms with Crippen molar-refractivity contribution in [2.45, 2.75) is 26.3 Å². The number of nitrogens with two attached hydrogens (primary N) is 1. The molecule has 1 aliphatic rings. The monoisotopic (exact) mass is 369 g/mol. The standard InChI is InChI=1S/C18H27N3O3.ClH/c1-12(2)16(18(23)21-9-8-13(10-19)11-21)20-17(22)14-4-6-15(24-3)7-5-14;/h4-7,12-13,16H,8-11,19H2,1-3H3,(H,20,22);1H. The molecule has 1 aromatic rings. The van der Waals surface area contributed by atoms with Crippen LogP contribution in [-0.4, -0.2) is 49.5 Å². The summed E-state index contributed by atoms with van der Waals surface area (Å²) in [6.07, 6.45) is 0.930. The number of methoxy groups -OCH3 is 1. The van der Waals surface area contributed by atoms with Gasteiger partial charge in [0.25, 0.3) is 5.91 Å². The van der Waals surface area contributed by atoms with E-state index in [9.17, 15) is 9.59 Å². The van der Waals surface area contributed by atoms with Crippen molar-refractivity contribution in [2.75, 3.05) is 26.7 Å². The lowest BCUT2D eigenvalue weighted by Crippen LogP contribution is -2.50. The molecule has 1 fully saturated rings. The van der Waals surface area contributed by atoms with Crippen molar-refractivity contribution < 1.29 is 14.3 Å². The number of hydrogen-bond donors (Lipinski definition) is 2. The molecule has 25 heavy (non-hydrogen) atoms. The molecule has 140 valence electrons. The van der Waals surface area contributed by atoms with Gasteiger partial charge < -0.3 is 20.7 Å². The zero-order valence-corrected chi connectivity index (χ0v) is 15.8. The van der Waals surface area contributed by atoms with E-state index in [1.54, 1.807) is 31.4 Å². The summed E-state index contributed by atoms with van der Waals surface area (Å²) in [5, 5.41) is 2.88. The first kappa shape index (κ1) is 21.3. The van der Waals surface area contributed by atoms with Crippen LogP contribution in [0, 0.1) is 11.8 Å². The Kier molecular flexibility index (Phi) is 8.19. The first-order chi connectivity index (χ1) is 11.5. The summed E-state index contributed by atoms with van der Waals surface area (Å²) in [4.78, 5) is 27.0. The zero-order chi connectivity index (χ0) is 17.7. The predicted octanol–water partition coefficient (Wildman–Crippen LogP) is 1.68. The summed E-state index contributed by atoms with van der Waals surface area (Å²) < 4.78 is 5.09. The van der Waals surface area contributed by atoms with Crippen LogP contribution in [0.5, 0.6) is 5.75 Å². The van der Waals surface area contributed by atoms with Crippen molar-refractivity contribution in [3.63, 3.8) is 0 Å². The summed E-state index contributed by atoms with van der Waals surface area (Å²) in [5.41, 5.74) is 6.20. The molecule has 0 saturated carbocycles. The second-order valence-electron chi connectivity index (χ2n) is 6.60. The Morgan fingerprint density at radius 2 is 1.96 bits per heavy atom.